The number of aromatic nitrogens is 1. The summed E-state index contributed by atoms with van der Waals surface area (Å²) < 4.78 is 97.5. The molecule has 0 atom stereocenters. The third-order valence-electron chi connectivity index (χ3n) is 4.36. The summed E-state index contributed by atoms with van der Waals surface area (Å²) in [7, 11) is -4.14. The normalized spacial score (nSPS) is 11.9. The molecule has 0 aliphatic rings. The second kappa shape index (κ2) is 11.4. The van der Waals surface area contributed by atoms with Gasteiger partial charge < -0.3 is 16.2 Å². The van der Waals surface area contributed by atoms with Gasteiger partial charge in [0, 0.05) is 11.9 Å². The molecule has 9 nitrogen and oxygen atoms in total. The Morgan fingerprint density at radius 3 is 2.05 bits per heavy atom. The van der Waals surface area contributed by atoms with Gasteiger partial charge in [0.1, 0.15) is 0 Å². The number of carboxylic acid groups (broad SMARTS) is 1. The van der Waals surface area contributed by atoms with Crippen molar-refractivity contribution in [1.82, 2.24) is 10.3 Å². The molecule has 3 rings (SSSR count). The lowest BCUT2D eigenvalue weighted by molar-refractivity contribution is -0.192. The second-order valence-corrected chi connectivity index (χ2v) is 8.86. The van der Waals surface area contributed by atoms with Gasteiger partial charge in [0.25, 0.3) is 10.0 Å². The molecule has 0 aliphatic carbocycles. The Kier molecular flexibility index (Phi) is 9.05. The predicted octanol–water partition coefficient (Wildman–Crippen LogP) is 3.26. The van der Waals surface area contributed by atoms with Gasteiger partial charge in [-0.3, -0.25) is 9.52 Å². The summed E-state index contributed by atoms with van der Waals surface area (Å²) in [4.78, 5) is 23.8. The average molecular weight is 552 g/mol. The number of hydrogen-bond donors (Lipinski definition) is 4. The van der Waals surface area contributed by atoms with Crippen LogP contribution in [-0.2, 0) is 32.3 Å². The Balaban J connectivity index is 0.000000604. The Labute approximate surface area is 205 Å². The van der Waals surface area contributed by atoms with E-state index in [0.717, 1.165) is 12.1 Å². The third-order valence-corrected chi connectivity index (χ3v) is 5.74. The number of carbonyl (C=O) groups is 2. The standard InChI is InChI=1S/C19H17F3N4O3S.C2HF3O2/c20-19(21,22)13-5-8-15(9-6-13)30(28,29)26-16-3-1-2-12-4-7-14(25-18(12)16)10-24-11-17(23)27;3-2(4,5)1(6)7/h1-9,24,26H,10-11H2,(H2,23,27);(H,6,7). The zero-order valence-electron chi connectivity index (χ0n) is 18.4. The van der Waals surface area contributed by atoms with Crippen LogP contribution in [0, 0.1) is 0 Å². The number of primary amides is 1. The maximum Gasteiger partial charge on any atom is 0.490 e. The summed E-state index contributed by atoms with van der Waals surface area (Å²) >= 11 is 0. The van der Waals surface area contributed by atoms with E-state index in [-0.39, 0.29) is 23.7 Å². The van der Waals surface area contributed by atoms with Crippen molar-refractivity contribution in [3.63, 3.8) is 0 Å². The molecule has 0 spiro atoms. The van der Waals surface area contributed by atoms with Crippen molar-refractivity contribution in [1.29, 1.82) is 0 Å². The number of nitrogens with zero attached hydrogens (tertiary/aromatic N) is 1. The SMILES string of the molecule is NC(=O)CNCc1ccc2cccc(NS(=O)(=O)c3ccc(C(F)(F)F)cc3)c2n1.O=C(O)C(F)(F)F. The quantitative estimate of drug-likeness (QED) is 0.329. The van der Waals surface area contributed by atoms with Crippen molar-refractivity contribution >= 4 is 38.5 Å². The minimum absolute atomic E-state index is 0.0398. The number of hydrogen-bond acceptors (Lipinski definition) is 6. The Hall–Kier alpha value is -3.92. The van der Waals surface area contributed by atoms with Crippen LogP contribution in [0.1, 0.15) is 11.3 Å². The van der Waals surface area contributed by atoms with Gasteiger partial charge in [-0.1, -0.05) is 18.2 Å². The maximum atomic E-state index is 12.7. The second-order valence-electron chi connectivity index (χ2n) is 7.18. The van der Waals surface area contributed by atoms with Crippen LogP contribution in [0.3, 0.4) is 0 Å². The van der Waals surface area contributed by atoms with Crippen molar-refractivity contribution in [2.45, 2.75) is 23.8 Å². The molecule has 1 amide bonds. The fourth-order valence-corrected chi connectivity index (χ4v) is 3.78. The van der Waals surface area contributed by atoms with Crippen molar-refractivity contribution in [3.05, 3.63) is 65.9 Å². The van der Waals surface area contributed by atoms with Crippen LogP contribution >= 0.6 is 0 Å². The summed E-state index contributed by atoms with van der Waals surface area (Å²) in [5, 5.41) is 10.6. The molecule has 0 bridgehead atoms. The Morgan fingerprint density at radius 2 is 1.54 bits per heavy atom. The first-order valence-electron chi connectivity index (χ1n) is 9.88. The molecule has 0 radical (unpaired) electrons. The first-order valence-corrected chi connectivity index (χ1v) is 11.4. The predicted molar refractivity (Wildman–Crippen MR) is 119 cm³/mol. The molecular weight excluding hydrogens is 534 g/mol. The average Bonchev–Trinajstić information content (AvgIpc) is 2.78. The molecule has 2 aromatic carbocycles. The molecule has 1 heterocycles. The number of alkyl halides is 6. The lowest BCUT2D eigenvalue weighted by atomic mass is 10.2. The zero-order chi connectivity index (χ0) is 28.0. The van der Waals surface area contributed by atoms with E-state index in [0.29, 0.717) is 28.7 Å². The van der Waals surface area contributed by atoms with Crippen LogP contribution < -0.4 is 15.8 Å². The van der Waals surface area contributed by atoms with E-state index in [4.69, 9.17) is 15.6 Å². The highest BCUT2D eigenvalue weighted by atomic mass is 32.2. The fourth-order valence-electron chi connectivity index (χ4n) is 2.71. The molecule has 0 saturated heterocycles. The van der Waals surface area contributed by atoms with Crippen molar-refractivity contribution in [3.8, 4) is 0 Å². The highest BCUT2D eigenvalue weighted by Crippen LogP contribution is 2.30. The van der Waals surface area contributed by atoms with Gasteiger partial charge in [-0.15, -0.1) is 0 Å². The number of rotatable bonds is 7. The molecule has 0 aliphatic heterocycles. The number of aliphatic carboxylic acids is 1. The lowest BCUT2D eigenvalue weighted by Crippen LogP contribution is -2.28. The van der Waals surface area contributed by atoms with Gasteiger partial charge in [0.05, 0.1) is 33.9 Å². The summed E-state index contributed by atoms with van der Waals surface area (Å²) in [5.74, 6) is -3.28. The van der Waals surface area contributed by atoms with Gasteiger partial charge in [-0.25, -0.2) is 18.2 Å². The molecule has 0 saturated carbocycles. The fraction of sp³-hybridized carbons (Fsp3) is 0.190. The third kappa shape index (κ3) is 8.60. The van der Waals surface area contributed by atoms with Crippen LogP contribution in [0.2, 0.25) is 0 Å². The van der Waals surface area contributed by atoms with Gasteiger partial charge in [-0.05, 0) is 36.4 Å². The number of anilines is 1. The van der Waals surface area contributed by atoms with Gasteiger partial charge in [0.15, 0.2) is 0 Å². The van der Waals surface area contributed by atoms with Crippen LogP contribution in [0.15, 0.2) is 59.5 Å². The van der Waals surface area contributed by atoms with Gasteiger partial charge in [0.2, 0.25) is 5.91 Å². The van der Waals surface area contributed by atoms with Crippen LogP contribution in [0.4, 0.5) is 32.0 Å². The molecule has 1 aromatic heterocycles. The first kappa shape index (κ1) is 29.3. The van der Waals surface area contributed by atoms with E-state index in [2.05, 4.69) is 15.0 Å². The summed E-state index contributed by atoms with van der Waals surface area (Å²) in [6.45, 7) is 0.195. The number of pyridine rings is 1. The monoisotopic (exact) mass is 552 g/mol. The minimum Gasteiger partial charge on any atom is -0.475 e. The number of sulfonamides is 1. The number of para-hydroxylation sites is 1. The highest BCUT2D eigenvalue weighted by molar-refractivity contribution is 7.92. The summed E-state index contributed by atoms with van der Waals surface area (Å²) in [6, 6.07) is 11.5. The number of carboxylic acids is 1. The lowest BCUT2D eigenvalue weighted by Gasteiger charge is -2.12. The molecule has 200 valence electrons. The Morgan fingerprint density at radius 1 is 0.946 bits per heavy atom. The van der Waals surface area contributed by atoms with E-state index >= 15 is 0 Å². The summed E-state index contributed by atoms with van der Waals surface area (Å²) in [5.41, 5.74) is 5.19. The molecule has 3 aromatic rings. The maximum absolute atomic E-state index is 12.7. The molecular formula is C21H18F6N4O5S. The van der Waals surface area contributed by atoms with Crippen LogP contribution in [0.25, 0.3) is 10.9 Å². The van der Waals surface area contributed by atoms with Crippen LogP contribution in [0.5, 0.6) is 0 Å². The van der Waals surface area contributed by atoms with E-state index in [1.807, 2.05) is 0 Å². The van der Waals surface area contributed by atoms with Crippen molar-refractivity contribution in [2.24, 2.45) is 5.73 Å². The Bertz CT molecular complexity index is 1380. The number of benzene rings is 2. The first-order chi connectivity index (χ1) is 17.0. The molecule has 5 N–H and O–H groups in total. The number of halogens is 6. The number of amides is 1. The smallest absolute Gasteiger partial charge is 0.475 e. The van der Waals surface area contributed by atoms with E-state index in [9.17, 15) is 39.6 Å². The molecule has 0 unspecified atom stereocenters. The highest BCUT2D eigenvalue weighted by Gasteiger charge is 2.38. The number of nitrogens with two attached hydrogens (primary N) is 1. The van der Waals surface area contributed by atoms with Gasteiger partial charge in [-0.2, -0.15) is 26.3 Å². The van der Waals surface area contributed by atoms with Gasteiger partial charge >= 0.3 is 18.3 Å². The van der Waals surface area contributed by atoms with E-state index < -0.39 is 39.8 Å². The number of carbonyl (C=O) groups excluding carboxylic acids is 1. The van der Waals surface area contributed by atoms with Crippen molar-refractivity contribution in [2.75, 3.05) is 11.3 Å². The van der Waals surface area contributed by atoms with Crippen LogP contribution in [-0.4, -0.2) is 43.1 Å². The number of nitrogens with one attached hydrogen (secondary N) is 2. The van der Waals surface area contributed by atoms with Crippen molar-refractivity contribution < 1.29 is 49.5 Å². The molecule has 16 heteroatoms. The largest absolute Gasteiger partial charge is 0.490 e. The minimum atomic E-state index is -5.08. The topological polar surface area (TPSA) is 151 Å². The van der Waals surface area contributed by atoms with E-state index in [1.54, 1.807) is 24.3 Å². The van der Waals surface area contributed by atoms with E-state index in [1.165, 1.54) is 6.07 Å². The molecule has 37 heavy (non-hydrogen) atoms. The summed E-state index contributed by atoms with van der Waals surface area (Å²) in [6.07, 6.45) is -9.64. The zero-order valence-corrected chi connectivity index (χ0v) is 19.2. The number of fused-ring (bicyclic) bond motifs is 1. The molecule has 0 fully saturated rings.